The van der Waals surface area contributed by atoms with Crippen molar-refractivity contribution < 1.29 is 9.90 Å². The van der Waals surface area contributed by atoms with Crippen molar-refractivity contribution in [1.29, 1.82) is 0 Å². The van der Waals surface area contributed by atoms with Crippen molar-refractivity contribution in [3.63, 3.8) is 0 Å². The average molecular weight is 363 g/mol. The van der Waals surface area contributed by atoms with Crippen molar-refractivity contribution in [2.45, 2.75) is 38.3 Å². The van der Waals surface area contributed by atoms with Gasteiger partial charge in [0.15, 0.2) is 0 Å². The van der Waals surface area contributed by atoms with Gasteiger partial charge in [-0.15, -0.1) is 0 Å². The van der Waals surface area contributed by atoms with Crippen molar-refractivity contribution in [2.75, 3.05) is 5.32 Å². The molecule has 3 aromatic rings. The van der Waals surface area contributed by atoms with E-state index in [4.69, 9.17) is 0 Å². The SMILES string of the molecule is Cc1cc(Nc2nccc(C3CC3)n2)cc(-c2cnn(CC(O)C=O)c2)c1. The van der Waals surface area contributed by atoms with Gasteiger partial charge >= 0.3 is 0 Å². The summed E-state index contributed by atoms with van der Waals surface area (Å²) in [7, 11) is 0. The second-order valence-electron chi connectivity index (χ2n) is 6.95. The number of nitrogens with zero attached hydrogens (tertiary/aromatic N) is 4. The molecule has 4 rings (SSSR count). The third-order valence-electron chi connectivity index (χ3n) is 4.50. The van der Waals surface area contributed by atoms with E-state index in [2.05, 4.69) is 26.4 Å². The Morgan fingerprint density at radius 3 is 2.96 bits per heavy atom. The van der Waals surface area contributed by atoms with Crippen LogP contribution in [0.15, 0.2) is 42.9 Å². The highest BCUT2D eigenvalue weighted by atomic mass is 16.3. The van der Waals surface area contributed by atoms with Crippen molar-refractivity contribution in [3.05, 3.63) is 54.1 Å². The lowest BCUT2D eigenvalue weighted by atomic mass is 10.1. The highest BCUT2D eigenvalue weighted by molar-refractivity contribution is 5.70. The molecule has 1 aliphatic carbocycles. The van der Waals surface area contributed by atoms with Crippen molar-refractivity contribution in [1.82, 2.24) is 19.7 Å². The van der Waals surface area contributed by atoms with Crippen LogP contribution in [0, 0.1) is 6.92 Å². The summed E-state index contributed by atoms with van der Waals surface area (Å²) >= 11 is 0. The maximum Gasteiger partial charge on any atom is 0.227 e. The average Bonchev–Trinajstić information content (AvgIpc) is 3.41. The van der Waals surface area contributed by atoms with Crippen LogP contribution in [0.5, 0.6) is 0 Å². The summed E-state index contributed by atoms with van der Waals surface area (Å²) in [4.78, 5) is 19.5. The predicted octanol–water partition coefficient (Wildman–Crippen LogP) is 2.83. The highest BCUT2D eigenvalue weighted by Crippen LogP contribution is 2.39. The Morgan fingerprint density at radius 2 is 2.19 bits per heavy atom. The predicted molar refractivity (Wildman–Crippen MR) is 102 cm³/mol. The maximum absolute atomic E-state index is 10.6. The summed E-state index contributed by atoms with van der Waals surface area (Å²) in [5, 5.41) is 17.0. The van der Waals surface area contributed by atoms with Crippen LogP contribution in [-0.2, 0) is 11.3 Å². The number of aliphatic hydroxyl groups excluding tert-OH is 1. The minimum Gasteiger partial charge on any atom is -0.384 e. The molecule has 0 amide bonds. The third-order valence-corrected chi connectivity index (χ3v) is 4.50. The molecule has 2 N–H and O–H groups in total. The lowest BCUT2D eigenvalue weighted by molar-refractivity contribution is -0.115. The molecule has 1 saturated carbocycles. The van der Waals surface area contributed by atoms with Crippen LogP contribution in [0.1, 0.15) is 30.0 Å². The van der Waals surface area contributed by atoms with Crippen LogP contribution in [0.3, 0.4) is 0 Å². The zero-order valence-electron chi connectivity index (χ0n) is 15.0. The Morgan fingerprint density at radius 1 is 1.33 bits per heavy atom. The number of anilines is 2. The number of aromatic nitrogens is 4. The van der Waals surface area contributed by atoms with Gasteiger partial charge in [-0.25, -0.2) is 9.97 Å². The number of aryl methyl sites for hydroxylation is 1. The van der Waals surface area contributed by atoms with Gasteiger partial charge in [0.05, 0.1) is 12.7 Å². The zero-order valence-corrected chi connectivity index (χ0v) is 15.0. The van der Waals surface area contributed by atoms with E-state index in [-0.39, 0.29) is 6.54 Å². The molecule has 1 fully saturated rings. The van der Waals surface area contributed by atoms with E-state index in [1.54, 1.807) is 17.1 Å². The lowest BCUT2D eigenvalue weighted by Gasteiger charge is -2.09. The Balaban J connectivity index is 1.56. The lowest BCUT2D eigenvalue weighted by Crippen LogP contribution is -2.17. The minimum absolute atomic E-state index is 0.141. The number of aldehydes is 1. The molecule has 138 valence electrons. The van der Waals surface area contributed by atoms with Gasteiger partial charge in [0.1, 0.15) is 12.4 Å². The summed E-state index contributed by atoms with van der Waals surface area (Å²) in [6.45, 7) is 2.17. The first kappa shape index (κ1) is 17.4. The molecule has 7 heteroatoms. The van der Waals surface area contributed by atoms with E-state index in [1.807, 2.05) is 31.3 Å². The summed E-state index contributed by atoms with van der Waals surface area (Å²) in [6.07, 6.45) is 7.19. The number of benzene rings is 1. The number of nitrogens with one attached hydrogen (secondary N) is 1. The molecule has 7 nitrogen and oxygen atoms in total. The van der Waals surface area contributed by atoms with E-state index < -0.39 is 6.10 Å². The van der Waals surface area contributed by atoms with Crippen molar-refractivity contribution >= 4 is 17.9 Å². The van der Waals surface area contributed by atoms with Crippen molar-refractivity contribution in [3.8, 4) is 11.1 Å². The number of carbonyl (C=O) groups is 1. The fourth-order valence-corrected chi connectivity index (χ4v) is 3.04. The highest BCUT2D eigenvalue weighted by Gasteiger charge is 2.25. The molecular formula is C20H21N5O2. The second kappa shape index (κ2) is 7.28. The molecule has 2 heterocycles. The van der Waals surface area contributed by atoms with Gasteiger partial charge < -0.3 is 15.2 Å². The summed E-state index contributed by atoms with van der Waals surface area (Å²) in [5.74, 6) is 1.18. The van der Waals surface area contributed by atoms with Gasteiger partial charge in [-0.3, -0.25) is 4.68 Å². The van der Waals surface area contributed by atoms with E-state index in [0.717, 1.165) is 28.1 Å². The Bertz CT molecular complexity index is 965. The Kier molecular flexibility index (Phi) is 4.68. The van der Waals surface area contributed by atoms with Gasteiger partial charge in [0.2, 0.25) is 5.95 Å². The molecule has 1 unspecified atom stereocenters. The summed E-state index contributed by atoms with van der Waals surface area (Å²) < 4.78 is 1.56. The Labute approximate surface area is 157 Å². The minimum atomic E-state index is -1.05. The normalized spacial score (nSPS) is 14.7. The monoisotopic (exact) mass is 363 g/mol. The first-order valence-corrected chi connectivity index (χ1v) is 8.98. The van der Waals surface area contributed by atoms with E-state index in [9.17, 15) is 9.90 Å². The van der Waals surface area contributed by atoms with E-state index >= 15 is 0 Å². The number of hydrogen-bond donors (Lipinski definition) is 2. The van der Waals surface area contributed by atoms with Crippen LogP contribution in [-0.4, -0.2) is 37.2 Å². The third kappa shape index (κ3) is 4.20. The fourth-order valence-electron chi connectivity index (χ4n) is 3.04. The second-order valence-corrected chi connectivity index (χ2v) is 6.95. The molecule has 0 radical (unpaired) electrons. The molecule has 0 bridgehead atoms. The molecule has 27 heavy (non-hydrogen) atoms. The molecule has 1 atom stereocenters. The van der Waals surface area contributed by atoms with Gasteiger partial charge in [0, 0.05) is 35.3 Å². The summed E-state index contributed by atoms with van der Waals surface area (Å²) in [5.41, 5.74) is 4.98. The van der Waals surface area contributed by atoms with Crippen LogP contribution < -0.4 is 5.32 Å². The summed E-state index contributed by atoms with van der Waals surface area (Å²) in [6, 6.07) is 8.09. The maximum atomic E-state index is 10.6. The van der Waals surface area contributed by atoms with Crippen LogP contribution in [0.25, 0.3) is 11.1 Å². The zero-order chi connectivity index (χ0) is 18.8. The standard InChI is InChI=1S/C20H21N5O2/c1-13-6-15(16-9-22-25(10-16)11-18(27)12-26)8-17(7-13)23-20-21-5-4-19(24-20)14-2-3-14/h4-10,12,14,18,27H,2-3,11H2,1H3,(H,21,23,24). The quantitative estimate of drug-likeness (QED) is 0.627. The number of hydrogen-bond acceptors (Lipinski definition) is 6. The first-order valence-electron chi connectivity index (χ1n) is 8.98. The molecular weight excluding hydrogens is 342 g/mol. The molecule has 0 aliphatic heterocycles. The molecule has 1 aromatic carbocycles. The van der Waals surface area contributed by atoms with E-state index in [1.165, 1.54) is 12.8 Å². The topological polar surface area (TPSA) is 92.9 Å². The molecule has 2 aromatic heterocycles. The van der Waals surface area contributed by atoms with Crippen LogP contribution in [0.2, 0.25) is 0 Å². The smallest absolute Gasteiger partial charge is 0.227 e. The number of rotatable bonds is 7. The molecule has 0 saturated heterocycles. The van der Waals surface area contributed by atoms with Crippen LogP contribution in [0.4, 0.5) is 11.6 Å². The van der Waals surface area contributed by atoms with Crippen molar-refractivity contribution in [2.24, 2.45) is 0 Å². The van der Waals surface area contributed by atoms with Gasteiger partial charge in [-0.1, -0.05) is 6.07 Å². The van der Waals surface area contributed by atoms with Crippen LogP contribution >= 0.6 is 0 Å². The number of carbonyl (C=O) groups excluding carboxylic acids is 1. The molecule has 0 spiro atoms. The van der Waals surface area contributed by atoms with Gasteiger partial charge in [0.25, 0.3) is 0 Å². The Hall–Kier alpha value is -3.06. The van der Waals surface area contributed by atoms with Gasteiger partial charge in [-0.05, 0) is 49.1 Å². The number of aliphatic hydroxyl groups is 1. The van der Waals surface area contributed by atoms with E-state index in [0.29, 0.717) is 18.2 Å². The van der Waals surface area contributed by atoms with Gasteiger partial charge in [-0.2, -0.15) is 5.10 Å². The first-order chi connectivity index (χ1) is 13.1. The largest absolute Gasteiger partial charge is 0.384 e. The fraction of sp³-hybridized carbons (Fsp3) is 0.300. The molecule has 1 aliphatic rings.